The Labute approximate surface area is 152 Å². The molecule has 0 aliphatic rings. The van der Waals surface area contributed by atoms with E-state index in [9.17, 15) is 13.2 Å². The van der Waals surface area contributed by atoms with E-state index in [4.69, 9.17) is 21.4 Å². The SMILES string of the molecule is COc1cc(C)c(Br)cc1S(=O)(=O)Nc1ccc(Cl)c(C(=O)O)c1. The van der Waals surface area contributed by atoms with E-state index in [1.165, 1.54) is 25.3 Å². The van der Waals surface area contributed by atoms with Crippen molar-refractivity contribution in [3.8, 4) is 5.75 Å². The number of methoxy groups -OCH3 is 1. The van der Waals surface area contributed by atoms with E-state index in [0.717, 1.165) is 11.6 Å². The van der Waals surface area contributed by atoms with E-state index < -0.39 is 16.0 Å². The number of carbonyl (C=O) groups is 1. The van der Waals surface area contributed by atoms with E-state index in [-0.39, 0.29) is 26.9 Å². The van der Waals surface area contributed by atoms with Gasteiger partial charge in [-0.2, -0.15) is 0 Å². The number of rotatable bonds is 5. The molecular weight excluding hydrogens is 422 g/mol. The van der Waals surface area contributed by atoms with Gasteiger partial charge in [-0.3, -0.25) is 4.72 Å². The van der Waals surface area contributed by atoms with Crippen LogP contribution in [0.1, 0.15) is 15.9 Å². The fourth-order valence-corrected chi connectivity index (χ4v) is 3.89. The Hall–Kier alpha value is -1.77. The minimum Gasteiger partial charge on any atom is -0.495 e. The monoisotopic (exact) mass is 433 g/mol. The number of hydrogen-bond acceptors (Lipinski definition) is 4. The number of carboxylic acids is 1. The molecule has 0 atom stereocenters. The number of hydrogen-bond donors (Lipinski definition) is 2. The summed E-state index contributed by atoms with van der Waals surface area (Å²) in [7, 11) is -2.62. The predicted molar refractivity (Wildman–Crippen MR) is 94.7 cm³/mol. The van der Waals surface area contributed by atoms with Crippen LogP contribution in [0.15, 0.2) is 39.7 Å². The summed E-state index contributed by atoms with van der Waals surface area (Å²) in [5, 5.41) is 9.08. The molecule has 0 aromatic heterocycles. The molecule has 6 nitrogen and oxygen atoms in total. The molecule has 0 aliphatic carbocycles. The first-order valence-corrected chi connectivity index (χ1v) is 9.21. The summed E-state index contributed by atoms with van der Waals surface area (Å²) in [5.41, 5.74) is 0.690. The van der Waals surface area contributed by atoms with Gasteiger partial charge in [-0.15, -0.1) is 0 Å². The number of halogens is 2. The van der Waals surface area contributed by atoms with Gasteiger partial charge in [0.1, 0.15) is 10.6 Å². The molecule has 0 saturated carbocycles. The molecule has 0 aliphatic heterocycles. The zero-order chi connectivity index (χ0) is 18.1. The second kappa shape index (κ2) is 7.00. The fraction of sp³-hybridized carbons (Fsp3) is 0.133. The van der Waals surface area contributed by atoms with Crippen LogP contribution < -0.4 is 9.46 Å². The van der Waals surface area contributed by atoms with Crippen LogP contribution >= 0.6 is 27.5 Å². The van der Waals surface area contributed by atoms with Crippen molar-refractivity contribution < 1.29 is 23.1 Å². The quantitative estimate of drug-likeness (QED) is 0.744. The van der Waals surface area contributed by atoms with E-state index >= 15 is 0 Å². The maximum absolute atomic E-state index is 12.6. The highest BCUT2D eigenvalue weighted by molar-refractivity contribution is 9.10. The molecule has 2 rings (SSSR count). The third-order valence-corrected chi connectivity index (χ3v) is 5.77. The maximum atomic E-state index is 12.6. The lowest BCUT2D eigenvalue weighted by Crippen LogP contribution is -2.15. The van der Waals surface area contributed by atoms with Crippen LogP contribution in [0.5, 0.6) is 5.75 Å². The van der Waals surface area contributed by atoms with Gasteiger partial charge in [0.05, 0.1) is 17.7 Å². The highest BCUT2D eigenvalue weighted by Crippen LogP contribution is 2.32. The van der Waals surface area contributed by atoms with Crippen LogP contribution in [0.25, 0.3) is 0 Å². The lowest BCUT2D eigenvalue weighted by molar-refractivity contribution is 0.0697. The largest absolute Gasteiger partial charge is 0.495 e. The summed E-state index contributed by atoms with van der Waals surface area (Å²) in [4.78, 5) is 11.0. The summed E-state index contributed by atoms with van der Waals surface area (Å²) in [6.07, 6.45) is 0. The molecule has 2 aromatic rings. The van der Waals surface area contributed by atoms with Gasteiger partial charge < -0.3 is 9.84 Å². The van der Waals surface area contributed by atoms with Crippen LogP contribution in [-0.4, -0.2) is 26.6 Å². The predicted octanol–water partition coefficient (Wildman–Crippen LogP) is 3.92. The summed E-state index contributed by atoms with van der Waals surface area (Å²) in [6, 6.07) is 6.85. The van der Waals surface area contributed by atoms with Crippen molar-refractivity contribution in [3.63, 3.8) is 0 Å². The average molecular weight is 435 g/mol. The van der Waals surface area contributed by atoms with E-state index in [1.54, 1.807) is 13.0 Å². The molecule has 0 saturated heterocycles. The topological polar surface area (TPSA) is 92.7 Å². The van der Waals surface area contributed by atoms with E-state index in [1.807, 2.05) is 0 Å². The summed E-state index contributed by atoms with van der Waals surface area (Å²) >= 11 is 9.07. The van der Waals surface area contributed by atoms with Gasteiger partial charge in [0, 0.05) is 10.2 Å². The third kappa shape index (κ3) is 3.82. The Morgan fingerprint density at radius 2 is 1.96 bits per heavy atom. The molecule has 0 heterocycles. The Kier molecular flexibility index (Phi) is 5.42. The second-order valence-corrected chi connectivity index (χ2v) is 7.77. The smallest absolute Gasteiger partial charge is 0.337 e. The molecule has 0 fully saturated rings. The number of nitrogens with one attached hydrogen (secondary N) is 1. The molecule has 0 unspecified atom stereocenters. The number of carboxylic acid groups (broad SMARTS) is 1. The molecule has 128 valence electrons. The van der Waals surface area contributed by atoms with Gasteiger partial charge in [0.2, 0.25) is 0 Å². The van der Waals surface area contributed by atoms with E-state index in [2.05, 4.69) is 20.7 Å². The van der Waals surface area contributed by atoms with Gasteiger partial charge in [-0.1, -0.05) is 27.5 Å². The van der Waals surface area contributed by atoms with Crippen LogP contribution in [0.3, 0.4) is 0 Å². The Bertz CT molecular complexity index is 914. The molecular formula is C15H13BrClNO5S. The van der Waals surface area contributed by atoms with Crippen molar-refractivity contribution in [2.24, 2.45) is 0 Å². The molecule has 0 spiro atoms. The number of sulfonamides is 1. The van der Waals surface area contributed by atoms with E-state index in [0.29, 0.717) is 4.47 Å². The summed E-state index contributed by atoms with van der Waals surface area (Å²) < 4.78 is 33.3. The first-order chi connectivity index (χ1) is 11.2. The third-order valence-electron chi connectivity index (χ3n) is 3.18. The Balaban J connectivity index is 2.48. The minimum atomic E-state index is -3.99. The first kappa shape index (κ1) is 18.6. The van der Waals surface area contributed by atoms with Crippen molar-refractivity contribution in [2.45, 2.75) is 11.8 Å². The Morgan fingerprint density at radius 3 is 2.54 bits per heavy atom. The molecule has 2 N–H and O–H groups in total. The fourth-order valence-electron chi connectivity index (χ4n) is 1.97. The lowest BCUT2D eigenvalue weighted by atomic mass is 10.2. The zero-order valence-electron chi connectivity index (χ0n) is 12.6. The normalized spacial score (nSPS) is 11.2. The first-order valence-electron chi connectivity index (χ1n) is 6.55. The Morgan fingerprint density at radius 1 is 1.29 bits per heavy atom. The van der Waals surface area contributed by atoms with Crippen molar-refractivity contribution in [2.75, 3.05) is 11.8 Å². The molecule has 24 heavy (non-hydrogen) atoms. The van der Waals surface area contributed by atoms with Crippen molar-refractivity contribution in [3.05, 3.63) is 51.0 Å². The molecule has 0 radical (unpaired) electrons. The highest BCUT2D eigenvalue weighted by Gasteiger charge is 2.22. The minimum absolute atomic E-state index is 0.0149. The summed E-state index contributed by atoms with van der Waals surface area (Å²) in [5.74, 6) is -1.08. The van der Waals surface area contributed by atoms with Gasteiger partial charge in [-0.25, -0.2) is 13.2 Å². The lowest BCUT2D eigenvalue weighted by Gasteiger charge is -2.14. The van der Waals surface area contributed by atoms with Crippen molar-refractivity contribution >= 4 is 49.2 Å². The standard InChI is InChI=1S/C15H13BrClNO5S/c1-8-5-13(23-2)14(7-11(8)16)24(21,22)18-9-3-4-12(17)10(6-9)15(19)20/h3-7,18H,1-2H3,(H,19,20). The summed E-state index contributed by atoms with van der Waals surface area (Å²) in [6.45, 7) is 1.80. The number of ether oxygens (including phenoxy) is 1. The van der Waals surface area contributed by atoms with Gasteiger partial charge in [0.15, 0.2) is 0 Å². The molecule has 2 aromatic carbocycles. The maximum Gasteiger partial charge on any atom is 0.337 e. The number of aryl methyl sites for hydroxylation is 1. The molecule has 9 heteroatoms. The van der Waals surface area contributed by atoms with Crippen molar-refractivity contribution in [1.29, 1.82) is 0 Å². The highest BCUT2D eigenvalue weighted by atomic mass is 79.9. The van der Waals surface area contributed by atoms with Crippen LogP contribution in [-0.2, 0) is 10.0 Å². The molecule has 0 bridgehead atoms. The number of anilines is 1. The average Bonchev–Trinajstić information content (AvgIpc) is 2.50. The van der Waals surface area contributed by atoms with Crippen LogP contribution in [0.4, 0.5) is 5.69 Å². The van der Waals surface area contributed by atoms with Gasteiger partial charge in [0.25, 0.3) is 10.0 Å². The second-order valence-electron chi connectivity index (χ2n) is 4.86. The van der Waals surface area contributed by atoms with Gasteiger partial charge >= 0.3 is 5.97 Å². The number of aromatic carboxylic acids is 1. The zero-order valence-corrected chi connectivity index (χ0v) is 15.8. The van der Waals surface area contributed by atoms with Crippen LogP contribution in [0.2, 0.25) is 5.02 Å². The molecule has 0 amide bonds. The van der Waals surface area contributed by atoms with Gasteiger partial charge in [-0.05, 0) is 42.8 Å². The van der Waals surface area contributed by atoms with Crippen molar-refractivity contribution in [1.82, 2.24) is 0 Å². The van der Waals surface area contributed by atoms with Crippen LogP contribution in [0, 0.1) is 6.92 Å². The number of benzene rings is 2.